The molecule has 0 aliphatic carbocycles. The summed E-state index contributed by atoms with van der Waals surface area (Å²) in [5, 5.41) is 3.16. The lowest BCUT2D eigenvalue weighted by molar-refractivity contribution is 1.42. The first kappa shape index (κ1) is 10.3. The SMILES string of the molecule is Cc1ccc(-c2cnc(N)s2)c2ccccc12. The van der Waals surface area contributed by atoms with E-state index in [0.29, 0.717) is 5.13 Å². The highest BCUT2D eigenvalue weighted by molar-refractivity contribution is 7.18. The van der Waals surface area contributed by atoms with E-state index >= 15 is 0 Å². The molecule has 0 amide bonds. The van der Waals surface area contributed by atoms with Crippen LogP contribution in [0.2, 0.25) is 0 Å². The molecule has 0 saturated heterocycles. The third-order valence-corrected chi connectivity index (χ3v) is 3.79. The molecule has 84 valence electrons. The largest absolute Gasteiger partial charge is 0.375 e. The quantitative estimate of drug-likeness (QED) is 0.701. The average molecular weight is 240 g/mol. The zero-order chi connectivity index (χ0) is 11.8. The van der Waals surface area contributed by atoms with Gasteiger partial charge in [0.15, 0.2) is 5.13 Å². The summed E-state index contributed by atoms with van der Waals surface area (Å²) >= 11 is 1.53. The molecular formula is C14H12N2S. The Morgan fingerprint density at radius 1 is 1.06 bits per heavy atom. The molecule has 0 unspecified atom stereocenters. The lowest BCUT2D eigenvalue weighted by atomic mass is 10.00. The molecule has 2 nitrogen and oxygen atoms in total. The van der Waals surface area contributed by atoms with E-state index in [1.165, 1.54) is 33.2 Å². The van der Waals surface area contributed by atoms with Gasteiger partial charge in [-0.1, -0.05) is 47.7 Å². The summed E-state index contributed by atoms with van der Waals surface area (Å²) < 4.78 is 0. The maximum Gasteiger partial charge on any atom is 0.180 e. The van der Waals surface area contributed by atoms with Crippen molar-refractivity contribution in [3.8, 4) is 10.4 Å². The minimum atomic E-state index is 0.615. The standard InChI is InChI=1S/C14H12N2S/c1-9-6-7-12(13-8-16-14(15)17-13)11-5-3-2-4-10(9)11/h2-8H,1H3,(H2,15,16). The fraction of sp³-hybridized carbons (Fsp3) is 0.0714. The van der Waals surface area contributed by atoms with Gasteiger partial charge in [-0.3, -0.25) is 0 Å². The minimum absolute atomic E-state index is 0.615. The second-order valence-electron chi connectivity index (χ2n) is 4.04. The molecule has 0 bridgehead atoms. The molecule has 1 heterocycles. The first-order valence-corrected chi connectivity index (χ1v) is 6.27. The number of nitrogen functional groups attached to an aromatic ring is 1. The highest BCUT2D eigenvalue weighted by Crippen LogP contribution is 2.34. The third kappa shape index (κ3) is 1.68. The molecule has 3 rings (SSSR count). The van der Waals surface area contributed by atoms with Crippen LogP contribution in [0.4, 0.5) is 5.13 Å². The van der Waals surface area contributed by atoms with Crippen molar-refractivity contribution in [2.24, 2.45) is 0 Å². The van der Waals surface area contributed by atoms with Gasteiger partial charge in [-0.05, 0) is 23.3 Å². The number of benzene rings is 2. The number of fused-ring (bicyclic) bond motifs is 1. The van der Waals surface area contributed by atoms with Crippen molar-refractivity contribution in [2.75, 3.05) is 5.73 Å². The molecule has 1 aromatic heterocycles. The molecule has 0 fully saturated rings. The van der Waals surface area contributed by atoms with Crippen molar-refractivity contribution < 1.29 is 0 Å². The van der Waals surface area contributed by atoms with E-state index in [4.69, 9.17) is 5.73 Å². The molecule has 0 saturated carbocycles. The molecular weight excluding hydrogens is 228 g/mol. The van der Waals surface area contributed by atoms with E-state index in [1.54, 1.807) is 0 Å². The van der Waals surface area contributed by atoms with E-state index in [2.05, 4.69) is 48.3 Å². The highest BCUT2D eigenvalue weighted by atomic mass is 32.1. The Morgan fingerprint density at radius 2 is 1.82 bits per heavy atom. The maximum atomic E-state index is 5.70. The van der Waals surface area contributed by atoms with Crippen LogP contribution in [0.5, 0.6) is 0 Å². The molecule has 0 aliphatic rings. The first-order valence-electron chi connectivity index (χ1n) is 5.46. The van der Waals surface area contributed by atoms with Crippen molar-refractivity contribution >= 4 is 27.2 Å². The summed E-state index contributed by atoms with van der Waals surface area (Å²) in [6.07, 6.45) is 1.84. The minimum Gasteiger partial charge on any atom is -0.375 e. The highest BCUT2D eigenvalue weighted by Gasteiger charge is 2.07. The summed E-state index contributed by atoms with van der Waals surface area (Å²) in [7, 11) is 0. The van der Waals surface area contributed by atoms with Gasteiger partial charge >= 0.3 is 0 Å². The Morgan fingerprint density at radius 3 is 2.53 bits per heavy atom. The monoisotopic (exact) mass is 240 g/mol. The number of nitrogens with zero attached hydrogens (tertiary/aromatic N) is 1. The number of nitrogens with two attached hydrogens (primary N) is 1. The average Bonchev–Trinajstić information content (AvgIpc) is 2.77. The van der Waals surface area contributed by atoms with Gasteiger partial charge in [-0.2, -0.15) is 0 Å². The summed E-state index contributed by atoms with van der Waals surface area (Å²) in [5.74, 6) is 0. The molecule has 0 aliphatic heterocycles. The Bertz CT molecular complexity index is 686. The van der Waals surface area contributed by atoms with Crippen LogP contribution < -0.4 is 5.73 Å². The van der Waals surface area contributed by atoms with Crippen LogP contribution in [-0.2, 0) is 0 Å². The van der Waals surface area contributed by atoms with Crippen LogP contribution in [0.1, 0.15) is 5.56 Å². The topological polar surface area (TPSA) is 38.9 Å². The predicted octanol–water partition coefficient (Wildman–Crippen LogP) is 3.85. The van der Waals surface area contributed by atoms with Crippen LogP contribution in [-0.4, -0.2) is 4.98 Å². The Kier molecular flexibility index (Phi) is 2.34. The lowest BCUT2D eigenvalue weighted by Crippen LogP contribution is -1.81. The van der Waals surface area contributed by atoms with Crippen LogP contribution in [0.15, 0.2) is 42.6 Å². The number of hydrogen-bond donors (Lipinski definition) is 1. The molecule has 3 aromatic rings. The molecule has 0 radical (unpaired) electrons. The molecule has 2 N–H and O–H groups in total. The number of thiazole rings is 1. The van der Waals surface area contributed by atoms with Crippen LogP contribution in [0.25, 0.3) is 21.2 Å². The fourth-order valence-corrected chi connectivity index (χ4v) is 2.80. The fourth-order valence-electron chi connectivity index (χ4n) is 2.08. The van der Waals surface area contributed by atoms with E-state index in [0.717, 1.165) is 4.88 Å². The van der Waals surface area contributed by atoms with E-state index in [1.807, 2.05) is 6.20 Å². The van der Waals surface area contributed by atoms with E-state index < -0.39 is 0 Å². The molecule has 3 heteroatoms. The smallest absolute Gasteiger partial charge is 0.180 e. The van der Waals surface area contributed by atoms with Gasteiger partial charge in [0.1, 0.15) is 0 Å². The van der Waals surface area contributed by atoms with Crippen molar-refractivity contribution in [1.29, 1.82) is 0 Å². The number of hydrogen-bond acceptors (Lipinski definition) is 3. The van der Waals surface area contributed by atoms with Crippen molar-refractivity contribution in [3.63, 3.8) is 0 Å². The van der Waals surface area contributed by atoms with Crippen molar-refractivity contribution in [2.45, 2.75) is 6.92 Å². The molecule has 2 aromatic carbocycles. The molecule has 17 heavy (non-hydrogen) atoms. The third-order valence-electron chi connectivity index (χ3n) is 2.93. The Balaban J connectivity index is 2.34. The van der Waals surface area contributed by atoms with Gasteiger partial charge < -0.3 is 5.73 Å². The Labute approximate surface area is 104 Å². The summed E-state index contributed by atoms with van der Waals surface area (Å²) in [6, 6.07) is 12.7. The number of aryl methyl sites for hydroxylation is 1. The summed E-state index contributed by atoms with van der Waals surface area (Å²) in [6.45, 7) is 2.13. The number of aromatic nitrogens is 1. The summed E-state index contributed by atoms with van der Waals surface area (Å²) in [4.78, 5) is 5.24. The lowest BCUT2D eigenvalue weighted by Gasteiger charge is -2.06. The number of anilines is 1. The van der Waals surface area contributed by atoms with Gasteiger partial charge in [0.25, 0.3) is 0 Å². The van der Waals surface area contributed by atoms with E-state index in [-0.39, 0.29) is 0 Å². The zero-order valence-electron chi connectivity index (χ0n) is 9.47. The summed E-state index contributed by atoms with van der Waals surface area (Å²) in [5.41, 5.74) is 8.20. The normalized spacial score (nSPS) is 10.9. The van der Waals surface area contributed by atoms with Gasteiger partial charge in [0.2, 0.25) is 0 Å². The zero-order valence-corrected chi connectivity index (χ0v) is 10.3. The van der Waals surface area contributed by atoms with Gasteiger partial charge in [0.05, 0.1) is 4.88 Å². The maximum absolute atomic E-state index is 5.70. The van der Waals surface area contributed by atoms with Crippen molar-refractivity contribution in [1.82, 2.24) is 4.98 Å². The van der Waals surface area contributed by atoms with Crippen LogP contribution in [0, 0.1) is 6.92 Å². The molecule has 0 atom stereocenters. The Hall–Kier alpha value is -1.87. The van der Waals surface area contributed by atoms with E-state index in [9.17, 15) is 0 Å². The second-order valence-corrected chi connectivity index (χ2v) is 5.10. The van der Waals surface area contributed by atoms with Gasteiger partial charge in [-0.15, -0.1) is 0 Å². The first-order chi connectivity index (χ1) is 8.25. The molecule has 0 spiro atoms. The number of rotatable bonds is 1. The van der Waals surface area contributed by atoms with Gasteiger partial charge in [-0.25, -0.2) is 4.98 Å². The van der Waals surface area contributed by atoms with Crippen LogP contribution >= 0.6 is 11.3 Å². The van der Waals surface area contributed by atoms with Crippen molar-refractivity contribution in [3.05, 3.63) is 48.2 Å². The van der Waals surface area contributed by atoms with Gasteiger partial charge in [0, 0.05) is 11.8 Å². The second kappa shape index (κ2) is 3.86. The predicted molar refractivity (Wildman–Crippen MR) is 74.2 cm³/mol. The van der Waals surface area contributed by atoms with Crippen LogP contribution in [0.3, 0.4) is 0 Å².